The van der Waals surface area contributed by atoms with Crippen molar-refractivity contribution < 1.29 is 24.1 Å². The van der Waals surface area contributed by atoms with E-state index in [-0.39, 0.29) is 17.8 Å². The number of anilines is 1. The summed E-state index contributed by atoms with van der Waals surface area (Å²) < 4.78 is 17.1. The van der Waals surface area contributed by atoms with Crippen LogP contribution in [0.25, 0.3) is 0 Å². The van der Waals surface area contributed by atoms with Crippen molar-refractivity contribution in [2.45, 2.75) is 25.4 Å². The van der Waals surface area contributed by atoms with Gasteiger partial charge in [-0.2, -0.15) is 0 Å². The standard InChI is InChI=1S/C20H21BrN2O5/c1-26-17-8-12(2-5-16(17)24)11-23(13-3-4-13)20(25)22-15-10-19-18(9-14(15)21)27-6-7-28-19/h2,5,8-10,13,24H,3-4,6-7,11H2,1H3,(H,22,25). The molecule has 1 saturated carbocycles. The molecule has 1 aliphatic heterocycles. The van der Waals surface area contributed by atoms with Crippen molar-refractivity contribution in [3.8, 4) is 23.0 Å². The molecule has 0 spiro atoms. The molecule has 4 rings (SSSR count). The zero-order valence-electron chi connectivity index (χ0n) is 15.4. The molecule has 148 valence electrons. The topological polar surface area (TPSA) is 80.3 Å². The summed E-state index contributed by atoms with van der Waals surface area (Å²) in [6.45, 7) is 1.42. The fourth-order valence-corrected chi connectivity index (χ4v) is 3.54. The van der Waals surface area contributed by atoms with E-state index in [9.17, 15) is 9.90 Å². The Morgan fingerprint density at radius 2 is 1.96 bits per heavy atom. The van der Waals surface area contributed by atoms with Gasteiger partial charge >= 0.3 is 6.03 Å². The molecule has 0 atom stereocenters. The quantitative estimate of drug-likeness (QED) is 0.718. The molecule has 28 heavy (non-hydrogen) atoms. The summed E-state index contributed by atoms with van der Waals surface area (Å²) in [6, 6.07) is 8.71. The number of halogens is 1. The maximum atomic E-state index is 13.0. The van der Waals surface area contributed by atoms with Crippen molar-refractivity contribution in [1.82, 2.24) is 4.90 Å². The number of rotatable bonds is 5. The van der Waals surface area contributed by atoms with Crippen molar-refractivity contribution in [1.29, 1.82) is 0 Å². The molecule has 0 aromatic heterocycles. The highest BCUT2D eigenvalue weighted by Gasteiger charge is 2.33. The van der Waals surface area contributed by atoms with Crippen molar-refractivity contribution >= 4 is 27.6 Å². The fourth-order valence-electron chi connectivity index (χ4n) is 3.12. The average molecular weight is 449 g/mol. The van der Waals surface area contributed by atoms with Crippen LogP contribution in [-0.2, 0) is 6.54 Å². The van der Waals surface area contributed by atoms with Gasteiger partial charge in [0.25, 0.3) is 0 Å². The molecule has 1 heterocycles. The zero-order valence-corrected chi connectivity index (χ0v) is 17.0. The summed E-state index contributed by atoms with van der Waals surface area (Å²) >= 11 is 3.49. The lowest BCUT2D eigenvalue weighted by Crippen LogP contribution is -2.36. The maximum absolute atomic E-state index is 13.0. The van der Waals surface area contributed by atoms with Gasteiger partial charge in [0.15, 0.2) is 23.0 Å². The van der Waals surface area contributed by atoms with E-state index in [4.69, 9.17) is 14.2 Å². The summed E-state index contributed by atoms with van der Waals surface area (Å²) in [7, 11) is 1.50. The first-order valence-electron chi connectivity index (χ1n) is 9.08. The predicted octanol–water partition coefficient (Wildman–Crippen LogP) is 4.13. The Hall–Kier alpha value is -2.61. The van der Waals surface area contributed by atoms with Gasteiger partial charge in [-0.25, -0.2) is 4.79 Å². The van der Waals surface area contributed by atoms with Crippen LogP contribution in [0.15, 0.2) is 34.8 Å². The predicted molar refractivity (Wildman–Crippen MR) is 107 cm³/mol. The molecular formula is C20H21BrN2O5. The van der Waals surface area contributed by atoms with E-state index in [0.29, 0.717) is 42.7 Å². The van der Waals surface area contributed by atoms with Crippen molar-refractivity contribution in [3.63, 3.8) is 0 Å². The molecule has 2 aliphatic rings. The van der Waals surface area contributed by atoms with Gasteiger partial charge in [-0.15, -0.1) is 0 Å². The lowest BCUT2D eigenvalue weighted by atomic mass is 10.2. The van der Waals surface area contributed by atoms with Gasteiger partial charge in [-0.3, -0.25) is 0 Å². The summed E-state index contributed by atoms with van der Waals surface area (Å²) in [6.07, 6.45) is 1.95. The first kappa shape index (κ1) is 18.7. The summed E-state index contributed by atoms with van der Waals surface area (Å²) in [5.74, 6) is 1.74. The average Bonchev–Trinajstić information content (AvgIpc) is 3.52. The van der Waals surface area contributed by atoms with Crippen LogP contribution in [0.3, 0.4) is 0 Å². The van der Waals surface area contributed by atoms with Crippen LogP contribution in [0.2, 0.25) is 0 Å². The van der Waals surface area contributed by atoms with Crippen LogP contribution in [-0.4, -0.2) is 42.4 Å². The number of amides is 2. The van der Waals surface area contributed by atoms with E-state index in [1.807, 2.05) is 0 Å². The van der Waals surface area contributed by atoms with Gasteiger partial charge in [0.1, 0.15) is 13.2 Å². The molecule has 8 heteroatoms. The molecule has 7 nitrogen and oxygen atoms in total. The van der Waals surface area contributed by atoms with Gasteiger partial charge in [0.05, 0.1) is 12.8 Å². The molecule has 2 aromatic carbocycles. The Balaban J connectivity index is 1.52. The van der Waals surface area contributed by atoms with E-state index in [1.54, 1.807) is 35.2 Å². The number of phenols is 1. The minimum absolute atomic E-state index is 0.0777. The number of phenolic OH excluding ortho intramolecular Hbond substituents is 1. The lowest BCUT2D eigenvalue weighted by Gasteiger charge is -2.25. The second-order valence-electron chi connectivity index (χ2n) is 6.77. The Kier molecular flexibility index (Phi) is 5.21. The molecule has 1 fully saturated rings. The van der Waals surface area contributed by atoms with E-state index in [1.165, 1.54) is 7.11 Å². The van der Waals surface area contributed by atoms with Crippen LogP contribution in [0, 0.1) is 0 Å². The summed E-state index contributed by atoms with van der Waals surface area (Å²) in [4.78, 5) is 14.8. The first-order valence-corrected chi connectivity index (χ1v) is 9.87. The van der Waals surface area contributed by atoms with Gasteiger partial charge < -0.3 is 29.5 Å². The highest BCUT2D eigenvalue weighted by molar-refractivity contribution is 9.10. The molecular weight excluding hydrogens is 428 g/mol. The third-order valence-electron chi connectivity index (χ3n) is 4.72. The van der Waals surface area contributed by atoms with Crippen LogP contribution < -0.4 is 19.5 Å². The monoisotopic (exact) mass is 448 g/mol. The van der Waals surface area contributed by atoms with E-state index >= 15 is 0 Å². The number of urea groups is 1. The number of fused-ring (bicyclic) bond motifs is 1. The molecule has 0 radical (unpaired) electrons. The fraction of sp³-hybridized carbons (Fsp3) is 0.350. The Morgan fingerprint density at radius 3 is 2.64 bits per heavy atom. The van der Waals surface area contributed by atoms with Gasteiger partial charge in [0, 0.05) is 29.2 Å². The number of hydrogen-bond acceptors (Lipinski definition) is 5. The van der Waals surface area contributed by atoms with E-state index in [0.717, 1.165) is 22.9 Å². The molecule has 0 bridgehead atoms. The SMILES string of the molecule is COc1cc(CN(C(=O)Nc2cc3c(cc2Br)OCCO3)C2CC2)ccc1O. The smallest absolute Gasteiger partial charge is 0.322 e. The summed E-state index contributed by atoms with van der Waals surface area (Å²) in [5, 5.41) is 12.7. The van der Waals surface area contributed by atoms with Crippen molar-refractivity contribution in [2.75, 3.05) is 25.6 Å². The molecule has 2 N–H and O–H groups in total. The highest BCUT2D eigenvalue weighted by atomic mass is 79.9. The number of hydrogen-bond donors (Lipinski definition) is 2. The van der Waals surface area contributed by atoms with Crippen LogP contribution in [0.4, 0.5) is 10.5 Å². The third-order valence-corrected chi connectivity index (χ3v) is 5.38. The van der Waals surface area contributed by atoms with Crippen LogP contribution in [0.5, 0.6) is 23.0 Å². The molecule has 2 aromatic rings. The number of carbonyl (C=O) groups excluding carboxylic acids is 1. The van der Waals surface area contributed by atoms with Crippen molar-refractivity contribution in [2.24, 2.45) is 0 Å². The third kappa shape index (κ3) is 3.96. The van der Waals surface area contributed by atoms with Crippen LogP contribution >= 0.6 is 15.9 Å². The second kappa shape index (κ2) is 7.79. The number of methoxy groups -OCH3 is 1. The maximum Gasteiger partial charge on any atom is 0.322 e. The normalized spacial score (nSPS) is 15.1. The number of ether oxygens (including phenoxy) is 3. The number of nitrogens with zero attached hydrogens (tertiary/aromatic N) is 1. The lowest BCUT2D eigenvalue weighted by molar-refractivity contribution is 0.171. The van der Waals surface area contributed by atoms with Gasteiger partial charge in [-0.05, 0) is 46.5 Å². The number of nitrogens with one attached hydrogen (secondary N) is 1. The Labute approximate surface area is 171 Å². The molecule has 0 unspecified atom stereocenters. The number of carbonyl (C=O) groups is 1. The van der Waals surface area contributed by atoms with E-state index in [2.05, 4.69) is 21.2 Å². The zero-order chi connectivity index (χ0) is 19.7. The summed E-state index contributed by atoms with van der Waals surface area (Å²) in [5.41, 5.74) is 1.51. The van der Waals surface area contributed by atoms with Gasteiger partial charge in [0.2, 0.25) is 0 Å². The minimum Gasteiger partial charge on any atom is -0.504 e. The first-order chi connectivity index (χ1) is 13.5. The Bertz CT molecular complexity index is 900. The van der Waals surface area contributed by atoms with E-state index < -0.39 is 0 Å². The van der Waals surface area contributed by atoms with Crippen molar-refractivity contribution in [3.05, 3.63) is 40.4 Å². The molecule has 2 amide bonds. The second-order valence-corrected chi connectivity index (χ2v) is 7.63. The number of benzene rings is 2. The minimum atomic E-state index is -0.188. The highest BCUT2D eigenvalue weighted by Crippen LogP contribution is 2.39. The largest absolute Gasteiger partial charge is 0.504 e. The van der Waals surface area contributed by atoms with Crippen LogP contribution in [0.1, 0.15) is 18.4 Å². The number of aromatic hydroxyl groups is 1. The van der Waals surface area contributed by atoms with Gasteiger partial charge in [-0.1, -0.05) is 6.07 Å². The molecule has 0 saturated heterocycles. The molecule has 1 aliphatic carbocycles. The Morgan fingerprint density at radius 1 is 1.25 bits per heavy atom.